The summed E-state index contributed by atoms with van der Waals surface area (Å²) in [5, 5.41) is 10.4. The second-order valence-corrected chi connectivity index (χ2v) is 7.15. The number of aliphatic imine (C=N–C) groups is 1. The van der Waals surface area contributed by atoms with E-state index < -0.39 is 0 Å². The molecule has 0 amide bonds. The smallest absolute Gasteiger partial charge is 0.246 e. The third-order valence-electron chi connectivity index (χ3n) is 3.66. The average molecular weight is 331 g/mol. The van der Waals surface area contributed by atoms with Crippen molar-refractivity contribution in [1.82, 2.24) is 20.8 Å². The van der Waals surface area contributed by atoms with Gasteiger partial charge in [0.2, 0.25) is 5.89 Å². The lowest BCUT2D eigenvalue weighted by molar-refractivity contribution is 0.371. The molecular weight excluding hydrogens is 310 g/mol. The fourth-order valence-corrected chi connectivity index (χ4v) is 3.47. The summed E-state index contributed by atoms with van der Waals surface area (Å²) in [6, 6.07) is 10.5. The Morgan fingerprint density at radius 3 is 2.70 bits per heavy atom. The van der Waals surface area contributed by atoms with Crippen LogP contribution in [0.2, 0.25) is 0 Å². The van der Waals surface area contributed by atoms with Gasteiger partial charge in [-0.3, -0.25) is 4.99 Å². The molecule has 122 valence electrons. The normalized spacial score (nSPS) is 16.2. The van der Waals surface area contributed by atoms with Crippen LogP contribution in [0.25, 0.3) is 0 Å². The summed E-state index contributed by atoms with van der Waals surface area (Å²) in [4.78, 5) is 9.73. The molecule has 2 N–H and O–H groups in total. The van der Waals surface area contributed by atoms with Crippen molar-refractivity contribution in [2.24, 2.45) is 4.99 Å². The lowest BCUT2D eigenvalue weighted by atomic mass is 10.4. The maximum absolute atomic E-state index is 5.09. The number of hydrogen-bond donors (Lipinski definition) is 2. The van der Waals surface area contributed by atoms with E-state index in [4.69, 9.17) is 4.52 Å². The molecule has 6 nitrogen and oxygen atoms in total. The van der Waals surface area contributed by atoms with Crippen LogP contribution in [0.15, 0.2) is 44.7 Å². The Bertz CT molecular complexity index is 666. The minimum atomic E-state index is 0.278. The molecular formula is C16H21N5OS. The van der Waals surface area contributed by atoms with Crippen LogP contribution in [0.3, 0.4) is 0 Å². The van der Waals surface area contributed by atoms with E-state index in [9.17, 15) is 0 Å². The van der Waals surface area contributed by atoms with Crippen LogP contribution in [0.1, 0.15) is 24.6 Å². The van der Waals surface area contributed by atoms with Crippen molar-refractivity contribution in [2.45, 2.75) is 36.0 Å². The fourth-order valence-electron chi connectivity index (χ4n) is 2.23. The molecule has 0 spiro atoms. The van der Waals surface area contributed by atoms with Crippen LogP contribution in [0.5, 0.6) is 0 Å². The first-order valence-electron chi connectivity index (χ1n) is 7.67. The van der Waals surface area contributed by atoms with Crippen molar-refractivity contribution in [3.8, 4) is 0 Å². The van der Waals surface area contributed by atoms with Gasteiger partial charge in [-0.2, -0.15) is 4.98 Å². The van der Waals surface area contributed by atoms with Crippen LogP contribution in [0, 0.1) is 6.92 Å². The highest BCUT2D eigenvalue weighted by Crippen LogP contribution is 2.51. The van der Waals surface area contributed by atoms with Gasteiger partial charge >= 0.3 is 0 Å². The molecule has 0 saturated heterocycles. The zero-order valence-electron chi connectivity index (χ0n) is 13.4. The molecule has 7 heteroatoms. The summed E-state index contributed by atoms with van der Waals surface area (Å²) < 4.78 is 5.36. The molecule has 1 fully saturated rings. The summed E-state index contributed by atoms with van der Waals surface area (Å²) in [7, 11) is 1.76. The Kier molecular flexibility index (Phi) is 4.85. The lowest BCUT2D eigenvalue weighted by Crippen LogP contribution is -2.40. The molecule has 1 aliphatic carbocycles. The Morgan fingerprint density at radius 2 is 2.09 bits per heavy atom. The van der Waals surface area contributed by atoms with Crippen LogP contribution < -0.4 is 10.6 Å². The number of aryl methyl sites for hydroxylation is 1. The number of thioether (sulfide) groups is 1. The topological polar surface area (TPSA) is 75.3 Å². The second kappa shape index (κ2) is 7.04. The summed E-state index contributed by atoms with van der Waals surface area (Å²) >= 11 is 1.94. The zero-order chi connectivity index (χ0) is 16.1. The number of aromatic nitrogens is 2. The molecule has 1 aliphatic rings. The predicted molar refractivity (Wildman–Crippen MR) is 91.5 cm³/mol. The van der Waals surface area contributed by atoms with Gasteiger partial charge in [0.05, 0.1) is 6.54 Å². The number of benzene rings is 1. The first kappa shape index (κ1) is 15.9. The fraction of sp³-hybridized carbons (Fsp3) is 0.438. The summed E-state index contributed by atoms with van der Waals surface area (Å²) in [5.41, 5.74) is 0. The van der Waals surface area contributed by atoms with Crippen LogP contribution in [-0.4, -0.2) is 34.4 Å². The predicted octanol–water partition coefficient (Wildman–Crippen LogP) is 2.37. The molecule has 1 aromatic carbocycles. The van der Waals surface area contributed by atoms with Gasteiger partial charge in [-0.15, -0.1) is 11.8 Å². The molecule has 1 saturated carbocycles. The van der Waals surface area contributed by atoms with E-state index in [1.807, 2.05) is 17.8 Å². The third kappa shape index (κ3) is 4.48. The van der Waals surface area contributed by atoms with E-state index in [0.29, 0.717) is 18.3 Å². The van der Waals surface area contributed by atoms with Crippen molar-refractivity contribution in [3.63, 3.8) is 0 Å². The van der Waals surface area contributed by atoms with Gasteiger partial charge in [0.1, 0.15) is 0 Å². The maximum Gasteiger partial charge on any atom is 0.246 e. The van der Waals surface area contributed by atoms with Gasteiger partial charge in [0.15, 0.2) is 11.8 Å². The molecule has 0 bridgehead atoms. The quantitative estimate of drug-likeness (QED) is 0.625. The molecule has 1 aromatic heterocycles. The number of nitrogens with zero attached hydrogens (tertiary/aromatic N) is 3. The van der Waals surface area contributed by atoms with E-state index in [1.54, 1.807) is 14.0 Å². The van der Waals surface area contributed by atoms with E-state index in [-0.39, 0.29) is 4.75 Å². The Balaban J connectivity index is 1.48. The van der Waals surface area contributed by atoms with E-state index >= 15 is 0 Å². The Morgan fingerprint density at radius 1 is 1.30 bits per heavy atom. The van der Waals surface area contributed by atoms with Crippen molar-refractivity contribution in [2.75, 3.05) is 13.6 Å². The average Bonchev–Trinajstić information content (AvgIpc) is 3.20. The zero-order valence-corrected chi connectivity index (χ0v) is 14.2. The van der Waals surface area contributed by atoms with Crippen LogP contribution >= 0.6 is 11.8 Å². The molecule has 2 aromatic rings. The second-order valence-electron chi connectivity index (χ2n) is 5.61. The molecule has 0 unspecified atom stereocenters. The maximum atomic E-state index is 5.09. The molecule has 0 radical (unpaired) electrons. The number of guanidine groups is 1. The highest BCUT2D eigenvalue weighted by atomic mass is 32.2. The standard InChI is InChI=1S/C16H21N5OS/c1-12-20-14(22-21-12)10-18-15(17-2)19-11-16(8-9-16)23-13-6-4-3-5-7-13/h3-7H,8-11H2,1-2H3,(H2,17,18,19). The van der Waals surface area contributed by atoms with Crippen LogP contribution in [-0.2, 0) is 6.54 Å². The van der Waals surface area contributed by atoms with Crippen molar-refractivity contribution >= 4 is 17.7 Å². The molecule has 23 heavy (non-hydrogen) atoms. The molecule has 1 heterocycles. The van der Waals surface area contributed by atoms with Crippen molar-refractivity contribution < 1.29 is 4.52 Å². The minimum Gasteiger partial charge on any atom is -0.355 e. The van der Waals surface area contributed by atoms with Gasteiger partial charge in [-0.25, -0.2) is 0 Å². The molecule has 3 rings (SSSR count). The molecule has 0 aliphatic heterocycles. The van der Waals surface area contributed by atoms with Gasteiger partial charge in [0.25, 0.3) is 0 Å². The summed E-state index contributed by atoms with van der Waals surface area (Å²) in [6.45, 7) is 3.16. The number of nitrogens with one attached hydrogen (secondary N) is 2. The number of hydrogen-bond acceptors (Lipinski definition) is 5. The monoisotopic (exact) mass is 331 g/mol. The Labute approximate surface area is 140 Å². The SMILES string of the molecule is CN=C(NCc1nc(C)no1)NCC1(Sc2ccccc2)CC1. The van der Waals surface area contributed by atoms with Crippen molar-refractivity contribution in [1.29, 1.82) is 0 Å². The molecule has 0 atom stereocenters. The third-order valence-corrected chi connectivity index (χ3v) is 5.16. The highest BCUT2D eigenvalue weighted by molar-refractivity contribution is 8.01. The number of rotatable bonds is 6. The van der Waals surface area contributed by atoms with Gasteiger partial charge in [-0.05, 0) is 31.9 Å². The van der Waals surface area contributed by atoms with Gasteiger partial charge < -0.3 is 15.2 Å². The largest absolute Gasteiger partial charge is 0.355 e. The first-order valence-corrected chi connectivity index (χ1v) is 8.49. The lowest BCUT2D eigenvalue weighted by Gasteiger charge is -2.17. The van der Waals surface area contributed by atoms with Gasteiger partial charge in [0, 0.05) is 23.2 Å². The van der Waals surface area contributed by atoms with Crippen LogP contribution in [0.4, 0.5) is 0 Å². The van der Waals surface area contributed by atoms with E-state index in [1.165, 1.54) is 17.7 Å². The van der Waals surface area contributed by atoms with Crippen molar-refractivity contribution in [3.05, 3.63) is 42.0 Å². The van der Waals surface area contributed by atoms with E-state index in [2.05, 4.69) is 50.0 Å². The van der Waals surface area contributed by atoms with E-state index in [0.717, 1.165) is 12.5 Å². The summed E-state index contributed by atoms with van der Waals surface area (Å²) in [6.07, 6.45) is 2.44. The minimum absolute atomic E-state index is 0.278. The highest BCUT2D eigenvalue weighted by Gasteiger charge is 2.43. The first-order chi connectivity index (χ1) is 11.2. The Hall–Kier alpha value is -2.02. The van der Waals surface area contributed by atoms with Gasteiger partial charge in [-0.1, -0.05) is 23.4 Å². The summed E-state index contributed by atoms with van der Waals surface area (Å²) in [5.74, 6) is 1.95.